The van der Waals surface area contributed by atoms with Crippen LogP contribution < -0.4 is 0 Å². The van der Waals surface area contributed by atoms with E-state index in [9.17, 15) is 0 Å². The van der Waals surface area contributed by atoms with Gasteiger partial charge in [0.15, 0.2) is 0 Å². The summed E-state index contributed by atoms with van der Waals surface area (Å²) in [5, 5.41) is 2.58. The quantitative estimate of drug-likeness (QED) is 0.433. The molecule has 0 spiro atoms. The first-order chi connectivity index (χ1) is 9.84. The van der Waals surface area contributed by atoms with Crippen molar-refractivity contribution in [3.05, 3.63) is 77.3 Å². The Kier molecular flexibility index (Phi) is 2.64. The van der Waals surface area contributed by atoms with Crippen LogP contribution in [0, 0.1) is 0 Å². The molecule has 2 heteroatoms. The zero-order valence-electron chi connectivity index (χ0n) is 10.8. The monoisotopic (exact) mass is 321 g/mol. The second-order valence-electron chi connectivity index (χ2n) is 4.85. The van der Waals surface area contributed by atoms with Crippen molar-refractivity contribution < 1.29 is 0 Å². The topological polar surface area (TPSA) is 4.93 Å². The third-order valence-corrected chi connectivity index (χ3v) is 4.14. The van der Waals surface area contributed by atoms with Gasteiger partial charge in [0, 0.05) is 20.9 Å². The Balaban J connectivity index is 2.23. The lowest BCUT2D eigenvalue weighted by atomic mass is 10.2. The lowest BCUT2D eigenvalue weighted by molar-refractivity contribution is 1.18. The number of nitrogens with zero attached hydrogens (tertiary/aromatic N) is 1. The molecular formula is C18H12BrN. The molecule has 0 amide bonds. The summed E-state index contributed by atoms with van der Waals surface area (Å²) < 4.78 is 3.42. The van der Waals surface area contributed by atoms with Gasteiger partial charge in [0.05, 0.1) is 11.0 Å². The highest BCUT2D eigenvalue weighted by atomic mass is 79.9. The summed E-state index contributed by atoms with van der Waals surface area (Å²) >= 11 is 3.58. The highest BCUT2D eigenvalue weighted by Crippen LogP contribution is 2.33. The van der Waals surface area contributed by atoms with Gasteiger partial charge in [-0.1, -0.05) is 58.4 Å². The van der Waals surface area contributed by atoms with Gasteiger partial charge in [-0.25, -0.2) is 0 Å². The van der Waals surface area contributed by atoms with E-state index in [1.807, 2.05) is 6.07 Å². The average molecular weight is 322 g/mol. The van der Waals surface area contributed by atoms with Gasteiger partial charge in [-0.05, 0) is 30.3 Å². The Morgan fingerprint density at radius 1 is 0.650 bits per heavy atom. The molecule has 3 aromatic carbocycles. The second kappa shape index (κ2) is 4.50. The minimum Gasteiger partial charge on any atom is -0.309 e. The maximum Gasteiger partial charge on any atom is 0.0552 e. The van der Waals surface area contributed by atoms with E-state index in [-0.39, 0.29) is 0 Å². The lowest BCUT2D eigenvalue weighted by Gasteiger charge is -2.07. The summed E-state index contributed by atoms with van der Waals surface area (Å²) in [6, 6.07) is 25.5. The van der Waals surface area contributed by atoms with Crippen LogP contribution in [0.2, 0.25) is 0 Å². The molecule has 0 saturated carbocycles. The number of rotatable bonds is 1. The summed E-state index contributed by atoms with van der Waals surface area (Å²) in [7, 11) is 0. The maximum atomic E-state index is 3.58. The molecule has 0 aliphatic rings. The van der Waals surface area contributed by atoms with Crippen molar-refractivity contribution in [2.24, 2.45) is 0 Å². The first-order valence-electron chi connectivity index (χ1n) is 6.59. The molecule has 0 aliphatic carbocycles. The number of para-hydroxylation sites is 2. The number of aromatic nitrogens is 1. The van der Waals surface area contributed by atoms with Crippen molar-refractivity contribution in [1.82, 2.24) is 4.57 Å². The summed E-state index contributed by atoms with van der Waals surface area (Å²) in [5.41, 5.74) is 3.66. The maximum absolute atomic E-state index is 3.58. The average Bonchev–Trinajstić information content (AvgIpc) is 2.81. The first-order valence-corrected chi connectivity index (χ1v) is 7.38. The summed E-state index contributed by atoms with van der Waals surface area (Å²) in [5.74, 6) is 0. The lowest BCUT2D eigenvalue weighted by Crippen LogP contribution is -1.92. The predicted octanol–water partition coefficient (Wildman–Crippen LogP) is 5.55. The number of fused-ring (bicyclic) bond motifs is 3. The smallest absolute Gasteiger partial charge is 0.0552 e. The normalized spacial score (nSPS) is 11.2. The molecule has 1 heterocycles. The van der Waals surface area contributed by atoms with E-state index >= 15 is 0 Å². The Labute approximate surface area is 125 Å². The van der Waals surface area contributed by atoms with Gasteiger partial charge in [-0.2, -0.15) is 0 Å². The fraction of sp³-hybridized carbons (Fsp3) is 0. The van der Waals surface area contributed by atoms with Crippen molar-refractivity contribution in [3.63, 3.8) is 0 Å². The number of benzene rings is 3. The number of hydrogen-bond donors (Lipinski definition) is 0. The SMILES string of the molecule is Brc1ccc2c3ccccc3n(-c3ccccc3)c2c1. The van der Waals surface area contributed by atoms with E-state index in [1.54, 1.807) is 0 Å². The minimum atomic E-state index is 1.10. The highest BCUT2D eigenvalue weighted by Gasteiger charge is 2.11. The molecule has 20 heavy (non-hydrogen) atoms. The molecular weight excluding hydrogens is 310 g/mol. The molecule has 96 valence electrons. The van der Waals surface area contributed by atoms with Gasteiger partial charge in [0.1, 0.15) is 0 Å². The largest absolute Gasteiger partial charge is 0.309 e. The zero-order chi connectivity index (χ0) is 13.5. The van der Waals surface area contributed by atoms with Crippen LogP contribution >= 0.6 is 15.9 Å². The van der Waals surface area contributed by atoms with Crippen molar-refractivity contribution in [1.29, 1.82) is 0 Å². The van der Waals surface area contributed by atoms with E-state index in [0.717, 1.165) is 4.47 Å². The van der Waals surface area contributed by atoms with Crippen LogP contribution in [0.5, 0.6) is 0 Å². The van der Waals surface area contributed by atoms with Crippen LogP contribution in [0.1, 0.15) is 0 Å². The van der Waals surface area contributed by atoms with Crippen molar-refractivity contribution in [3.8, 4) is 5.69 Å². The van der Waals surface area contributed by atoms with Gasteiger partial charge in [0.25, 0.3) is 0 Å². The van der Waals surface area contributed by atoms with Crippen molar-refractivity contribution >= 4 is 37.7 Å². The molecule has 0 N–H and O–H groups in total. The van der Waals surface area contributed by atoms with Gasteiger partial charge in [-0.3, -0.25) is 0 Å². The third-order valence-electron chi connectivity index (χ3n) is 3.65. The Morgan fingerprint density at radius 2 is 1.35 bits per heavy atom. The fourth-order valence-corrected chi connectivity index (χ4v) is 3.15. The molecule has 1 nitrogen and oxygen atoms in total. The van der Waals surface area contributed by atoms with Gasteiger partial charge in [-0.15, -0.1) is 0 Å². The van der Waals surface area contributed by atoms with Gasteiger partial charge >= 0.3 is 0 Å². The number of hydrogen-bond acceptors (Lipinski definition) is 0. The van der Waals surface area contributed by atoms with Crippen molar-refractivity contribution in [2.45, 2.75) is 0 Å². The van der Waals surface area contributed by atoms with E-state index in [0.29, 0.717) is 0 Å². The molecule has 0 radical (unpaired) electrons. The molecule has 0 aliphatic heterocycles. The van der Waals surface area contributed by atoms with Gasteiger partial charge in [0.2, 0.25) is 0 Å². The molecule has 0 bridgehead atoms. The Hall–Kier alpha value is -2.06. The van der Waals surface area contributed by atoms with Crippen LogP contribution in [0.3, 0.4) is 0 Å². The number of halogens is 1. The molecule has 0 saturated heterocycles. The summed E-state index contributed by atoms with van der Waals surface area (Å²) in [6.45, 7) is 0. The fourth-order valence-electron chi connectivity index (χ4n) is 2.80. The summed E-state index contributed by atoms with van der Waals surface area (Å²) in [4.78, 5) is 0. The molecule has 0 fully saturated rings. The third kappa shape index (κ3) is 1.69. The van der Waals surface area contributed by atoms with Crippen molar-refractivity contribution in [2.75, 3.05) is 0 Å². The van der Waals surface area contributed by atoms with Crippen LogP contribution in [0.4, 0.5) is 0 Å². The Morgan fingerprint density at radius 3 is 2.20 bits per heavy atom. The van der Waals surface area contributed by atoms with Crippen LogP contribution in [0.25, 0.3) is 27.5 Å². The molecule has 0 unspecified atom stereocenters. The van der Waals surface area contributed by atoms with Gasteiger partial charge < -0.3 is 4.57 Å². The molecule has 0 atom stereocenters. The molecule has 4 aromatic rings. The molecule has 1 aromatic heterocycles. The van der Waals surface area contributed by atoms with Crippen LogP contribution in [-0.4, -0.2) is 4.57 Å². The Bertz CT molecular complexity index is 907. The minimum absolute atomic E-state index is 1.10. The summed E-state index contributed by atoms with van der Waals surface area (Å²) in [6.07, 6.45) is 0. The highest BCUT2D eigenvalue weighted by molar-refractivity contribution is 9.10. The second-order valence-corrected chi connectivity index (χ2v) is 5.77. The van der Waals surface area contributed by atoms with E-state index in [2.05, 4.69) is 87.2 Å². The zero-order valence-corrected chi connectivity index (χ0v) is 12.3. The van der Waals surface area contributed by atoms with E-state index in [4.69, 9.17) is 0 Å². The first kappa shape index (κ1) is 11.7. The van der Waals surface area contributed by atoms with E-state index < -0.39 is 0 Å². The van der Waals surface area contributed by atoms with E-state index in [1.165, 1.54) is 27.5 Å². The standard InChI is InChI=1S/C18H12BrN/c19-13-10-11-16-15-8-4-5-9-17(15)20(18(16)12-13)14-6-2-1-3-7-14/h1-12H. The predicted molar refractivity (Wildman–Crippen MR) is 88.5 cm³/mol. The van der Waals surface area contributed by atoms with Crippen LogP contribution in [0.15, 0.2) is 77.3 Å². The molecule has 4 rings (SSSR count). The van der Waals surface area contributed by atoms with Crippen LogP contribution in [-0.2, 0) is 0 Å².